The number of nitrogens with zero attached hydrogens (tertiary/aromatic N) is 3. The Labute approximate surface area is 145 Å². The minimum absolute atomic E-state index is 0.0215. The van der Waals surface area contributed by atoms with Crippen molar-refractivity contribution in [1.82, 2.24) is 13.6 Å². The molecule has 128 valence electrons. The highest BCUT2D eigenvalue weighted by molar-refractivity contribution is 7.87. The second kappa shape index (κ2) is 6.54. The van der Waals surface area contributed by atoms with E-state index in [-0.39, 0.29) is 19.4 Å². The summed E-state index contributed by atoms with van der Waals surface area (Å²) in [6.45, 7) is 0.493. The fourth-order valence-electron chi connectivity index (χ4n) is 2.40. The minimum atomic E-state index is -3.66. The molecule has 24 heavy (non-hydrogen) atoms. The predicted molar refractivity (Wildman–Crippen MR) is 88.5 cm³/mol. The number of hydrogen-bond acceptors (Lipinski definition) is 5. The molecule has 1 saturated heterocycles. The van der Waals surface area contributed by atoms with Crippen molar-refractivity contribution in [1.29, 1.82) is 0 Å². The van der Waals surface area contributed by atoms with Crippen LogP contribution in [0.1, 0.15) is 12.3 Å². The molecule has 0 N–H and O–H groups in total. The molecular formula is C15H16ClN3O4S. The Morgan fingerprint density at radius 2 is 2.00 bits per heavy atom. The van der Waals surface area contributed by atoms with Crippen LogP contribution in [0.3, 0.4) is 0 Å². The van der Waals surface area contributed by atoms with Crippen molar-refractivity contribution in [3.05, 3.63) is 41.4 Å². The maximum absolute atomic E-state index is 12.1. The summed E-state index contributed by atoms with van der Waals surface area (Å²) in [5.41, 5.74) is 0.827. The number of aromatic nitrogens is 1. The van der Waals surface area contributed by atoms with Gasteiger partial charge in [0.1, 0.15) is 0 Å². The van der Waals surface area contributed by atoms with Crippen molar-refractivity contribution >= 4 is 27.7 Å². The molecule has 1 aliphatic rings. The van der Waals surface area contributed by atoms with E-state index in [1.807, 2.05) is 12.1 Å². The van der Waals surface area contributed by atoms with Gasteiger partial charge in [-0.25, -0.2) is 9.29 Å². The molecule has 0 radical (unpaired) electrons. The number of carbonyl (C=O) groups excluding carboxylic acids is 1. The van der Waals surface area contributed by atoms with Gasteiger partial charge in [0.05, 0.1) is 12.7 Å². The summed E-state index contributed by atoms with van der Waals surface area (Å²) in [5, 5.41) is 0.626. The molecule has 0 saturated carbocycles. The van der Waals surface area contributed by atoms with Gasteiger partial charge in [-0.1, -0.05) is 11.6 Å². The van der Waals surface area contributed by atoms with Crippen LogP contribution in [-0.4, -0.2) is 48.1 Å². The molecule has 1 fully saturated rings. The molecule has 0 aliphatic carbocycles. The van der Waals surface area contributed by atoms with Crippen molar-refractivity contribution in [3.63, 3.8) is 0 Å². The first-order valence-corrected chi connectivity index (χ1v) is 9.13. The second-order valence-electron chi connectivity index (χ2n) is 5.42. The van der Waals surface area contributed by atoms with Gasteiger partial charge in [-0.3, -0.25) is 4.79 Å². The van der Waals surface area contributed by atoms with Gasteiger partial charge in [0.2, 0.25) is 5.91 Å². The van der Waals surface area contributed by atoms with E-state index in [4.69, 9.17) is 16.0 Å². The third-order valence-electron chi connectivity index (χ3n) is 3.80. The Hall–Kier alpha value is -1.90. The topological polar surface area (TPSA) is 83.7 Å². The average Bonchev–Trinajstić information content (AvgIpc) is 3.11. The summed E-state index contributed by atoms with van der Waals surface area (Å²) in [4.78, 5) is 16.3. The minimum Gasteiger partial charge on any atom is -0.441 e. The van der Waals surface area contributed by atoms with Gasteiger partial charge < -0.3 is 4.42 Å². The average molecular weight is 370 g/mol. The van der Waals surface area contributed by atoms with E-state index in [9.17, 15) is 13.2 Å². The molecule has 3 rings (SSSR count). The molecule has 9 heteroatoms. The van der Waals surface area contributed by atoms with Crippen LogP contribution in [0.25, 0.3) is 11.3 Å². The maximum atomic E-state index is 12.1. The summed E-state index contributed by atoms with van der Waals surface area (Å²) >= 11 is 5.84. The van der Waals surface area contributed by atoms with Crippen LogP contribution in [0.2, 0.25) is 5.02 Å². The first-order valence-electron chi connectivity index (χ1n) is 7.35. The fourth-order valence-corrected chi connectivity index (χ4v) is 3.83. The van der Waals surface area contributed by atoms with Gasteiger partial charge in [0.15, 0.2) is 11.7 Å². The van der Waals surface area contributed by atoms with E-state index in [0.29, 0.717) is 23.2 Å². The molecule has 1 aliphatic heterocycles. The molecule has 1 amide bonds. The molecule has 0 bridgehead atoms. The molecule has 1 aromatic carbocycles. The lowest BCUT2D eigenvalue weighted by Crippen LogP contribution is -2.35. The van der Waals surface area contributed by atoms with Gasteiger partial charge in [-0.15, -0.1) is 0 Å². The number of amides is 1. The van der Waals surface area contributed by atoms with Crippen LogP contribution in [-0.2, 0) is 21.4 Å². The third-order valence-corrected chi connectivity index (χ3v) is 5.97. The summed E-state index contributed by atoms with van der Waals surface area (Å²) < 4.78 is 31.6. The first-order chi connectivity index (χ1) is 11.4. The highest BCUT2D eigenvalue weighted by Crippen LogP contribution is 2.23. The summed E-state index contributed by atoms with van der Waals surface area (Å²) in [5.74, 6) is 0.506. The molecule has 1 aromatic heterocycles. The summed E-state index contributed by atoms with van der Waals surface area (Å²) in [7, 11) is -2.20. The highest BCUT2D eigenvalue weighted by atomic mass is 35.5. The number of aryl methyl sites for hydroxylation is 1. The van der Waals surface area contributed by atoms with E-state index in [0.717, 1.165) is 14.2 Å². The van der Waals surface area contributed by atoms with Crippen molar-refractivity contribution in [2.75, 3.05) is 20.1 Å². The summed E-state index contributed by atoms with van der Waals surface area (Å²) in [6.07, 6.45) is 1.83. The van der Waals surface area contributed by atoms with Crippen molar-refractivity contribution in [3.8, 4) is 11.3 Å². The van der Waals surface area contributed by atoms with E-state index < -0.39 is 16.1 Å². The number of carbonyl (C=O) groups is 1. The number of benzene rings is 1. The van der Waals surface area contributed by atoms with Crippen LogP contribution in [0.4, 0.5) is 0 Å². The monoisotopic (exact) mass is 369 g/mol. The SMILES string of the molecule is CN1CCN(C(=O)CCc2ncc(-c3ccc(Cl)cc3)o2)S1(=O)=O. The van der Waals surface area contributed by atoms with Crippen LogP contribution in [0, 0.1) is 0 Å². The van der Waals surface area contributed by atoms with Gasteiger partial charge in [-0.2, -0.15) is 12.7 Å². The standard InChI is InChI=1S/C15H16ClN3O4S/c1-18-8-9-19(24(18,21)22)15(20)7-6-14-17-10-13(23-14)11-2-4-12(16)5-3-11/h2-5,10H,6-9H2,1H3. The molecular weight excluding hydrogens is 354 g/mol. The first kappa shape index (κ1) is 16.9. The molecule has 0 unspecified atom stereocenters. The van der Waals surface area contributed by atoms with Gasteiger partial charge >= 0.3 is 10.2 Å². The van der Waals surface area contributed by atoms with E-state index >= 15 is 0 Å². The Morgan fingerprint density at radius 1 is 1.29 bits per heavy atom. The lowest BCUT2D eigenvalue weighted by molar-refractivity contribution is -0.126. The fraction of sp³-hybridized carbons (Fsp3) is 0.333. The zero-order valence-corrected chi connectivity index (χ0v) is 14.5. The Bertz CT molecular complexity index is 848. The van der Waals surface area contributed by atoms with Crippen LogP contribution >= 0.6 is 11.6 Å². The van der Waals surface area contributed by atoms with E-state index in [2.05, 4.69) is 4.98 Å². The molecule has 2 heterocycles. The largest absolute Gasteiger partial charge is 0.441 e. The van der Waals surface area contributed by atoms with Gasteiger partial charge in [-0.05, 0) is 24.3 Å². The normalized spacial score (nSPS) is 17.3. The highest BCUT2D eigenvalue weighted by Gasteiger charge is 2.36. The van der Waals surface area contributed by atoms with Crippen LogP contribution in [0.5, 0.6) is 0 Å². The maximum Gasteiger partial charge on any atom is 0.306 e. The summed E-state index contributed by atoms with van der Waals surface area (Å²) in [6, 6.07) is 7.11. The molecule has 0 atom stereocenters. The van der Waals surface area contributed by atoms with E-state index in [1.165, 1.54) is 7.05 Å². The molecule has 0 spiro atoms. The Morgan fingerprint density at radius 3 is 2.62 bits per heavy atom. The zero-order valence-electron chi connectivity index (χ0n) is 13.0. The van der Waals surface area contributed by atoms with Crippen molar-refractivity contribution < 1.29 is 17.6 Å². The molecule has 2 aromatic rings. The van der Waals surface area contributed by atoms with Gasteiger partial charge in [0, 0.05) is 37.0 Å². The van der Waals surface area contributed by atoms with Crippen LogP contribution in [0.15, 0.2) is 34.9 Å². The number of hydrogen-bond donors (Lipinski definition) is 0. The lowest BCUT2D eigenvalue weighted by atomic mass is 10.2. The van der Waals surface area contributed by atoms with E-state index in [1.54, 1.807) is 18.3 Å². The third kappa shape index (κ3) is 3.31. The van der Waals surface area contributed by atoms with Gasteiger partial charge in [0.25, 0.3) is 0 Å². The molecule has 7 nitrogen and oxygen atoms in total. The quantitative estimate of drug-likeness (QED) is 0.822. The predicted octanol–water partition coefficient (Wildman–Crippen LogP) is 1.95. The smallest absolute Gasteiger partial charge is 0.306 e. The number of likely N-dealkylation sites (N-methyl/N-ethyl adjacent to an activating group) is 1. The zero-order chi connectivity index (χ0) is 17.3. The van der Waals surface area contributed by atoms with Crippen molar-refractivity contribution in [2.45, 2.75) is 12.8 Å². The number of halogens is 1. The number of rotatable bonds is 4. The van der Waals surface area contributed by atoms with Crippen LogP contribution < -0.4 is 0 Å². The lowest BCUT2D eigenvalue weighted by Gasteiger charge is -2.15. The second-order valence-corrected chi connectivity index (χ2v) is 7.82. The Kier molecular flexibility index (Phi) is 4.62. The Balaban J connectivity index is 1.64. The van der Waals surface area contributed by atoms with Crippen molar-refractivity contribution in [2.24, 2.45) is 0 Å². The number of oxazole rings is 1.